The highest BCUT2D eigenvalue weighted by molar-refractivity contribution is 5.70. The fourth-order valence-electron chi connectivity index (χ4n) is 3.22. The van der Waals surface area contributed by atoms with Gasteiger partial charge < -0.3 is 25.2 Å². The van der Waals surface area contributed by atoms with Crippen LogP contribution < -0.4 is 20.1 Å². The first kappa shape index (κ1) is 22.3. The van der Waals surface area contributed by atoms with Crippen molar-refractivity contribution in [2.45, 2.75) is 25.1 Å². The Hall–Kier alpha value is -3.35. The highest BCUT2D eigenvalue weighted by Crippen LogP contribution is 2.13. The smallest absolute Gasteiger partial charge is 0.412 e. The minimum absolute atomic E-state index is 0.306. The van der Waals surface area contributed by atoms with Crippen molar-refractivity contribution in [1.29, 1.82) is 0 Å². The number of rotatable bonds is 10. The second kappa shape index (κ2) is 11.7. The molecule has 0 aliphatic carbocycles. The van der Waals surface area contributed by atoms with Gasteiger partial charge in [-0.25, -0.2) is 4.79 Å². The van der Waals surface area contributed by atoms with Crippen LogP contribution in [0.5, 0.6) is 11.5 Å². The van der Waals surface area contributed by atoms with Gasteiger partial charge in [0, 0.05) is 13.1 Å². The summed E-state index contributed by atoms with van der Waals surface area (Å²) in [6.45, 7) is 0.876. The van der Waals surface area contributed by atoms with Crippen LogP contribution in [0.1, 0.15) is 11.1 Å². The zero-order valence-corrected chi connectivity index (χ0v) is 17.5. The number of aliphatic hydroxyl groups excluding tert-OH is 1. The van der Waals surface area contributed by atoms with Crippen molar-refractivity contribution in [3.8, 4) is 11.5 Å². The molecular formula is C25H28N2O4. The molecule has 6 nitrogen and oxygen atoms in total. The molecule has 3 aromatic carbocycles. The molecule has 3 N–H and O–H groups in total. The SMILES string of the molecule is COc1cccc(CNC[C@@H](O)[C@H](Cc2ccccc2)NC(=O)Oc2ccccc2)c1. The van der Waals surface area contributed by atoms with E-state index in [9.17, 15) is 9.90 Å². The van der Waals surface area contributed by atoms with E-state index in [1.807, 2.05) is 60.7 Å². The lowest BCUT2D eigenvalue weighted by Gasteiger charge is -2.24. The van der Waals surface area contributed by atoms with E-state index in [4.69, 9.17) is 9.47 Å². The molecule has 0 saturated heterocycles. The molecule has 0 aromatic heterocycles. The first-order valence-corrected chi connectivity index (χ1v) is 10.2. The zero-order valence-electron chi connectivity index (χ0n) is 17.5. The van der Waals surface area contributed by atoms with Gasteiger partial charge in [0.15, 0.2) is 0 Å². The van der Waals surface area contributed by atoms with Crippen molar-refractivity contribution in [1.82, 2.24) is 10.6 Å². The van der Waals surface area contributed by atoms with Gasteiger partial charge in [0.25, 0.3) is 0 Å². The summed E-state index contributed by atoms with van der Waals surface area (Å²) < 4.78 is 10.6. The summed E-state index contributed by atoms with van der Waals surface area (Å²) >= 11 is 0. The van der Waals surface area contributed by atoms with Crippen molar-refractivity contribution >= 4 is 6.09 Å². The Morgan fingerprint density at radius 2 is 1.55 bits per heavy atom. The molecular weight excluding hydrogens is 392 g/mol. The highest BCUT2D eigenvalue weighted by Gasteiger charge is 2.22. The average molecular weight is 421 g/mol. The Morgan fingerprint density at radius 1 is 0.903 bits per heavy atom. The Labute approximate surface area is 182 Å². The first-order valence-electron chi connectivity index (χ1n) is 10.2. The molecule has 0 unspecified atom stereocenters. The lowest BCUT2D eigenvalue weighted by molar-refractivity contribution is 0.119. The van der Waals surface area contributed by atoms with Crippen LogP contribution in [-0.4, -0.2) is 37.0 Å². The summed E-state index contributed by atoms with van der Waals surface area (Å²) in [6, 6.07) is 25.8. The summed E-state index contributed by atoms with van der Waals surface area (Å²) in [6.07, 6.45) is -0.930. The van der Waals surface area contributed by atoms with Gasteiger partial charge in [-0.1, -0.05) is 60.7 Å². The number of nitrogens with one attached hydrogen (secondary N) is 2. The molecule has 162 valence electrons. The summed E-state index contributed by atoms with van der Waals surface area (Å²) in [5.41, 5.74) is 2.06. The van der Waals surface area contributed by atoms with Crippen molar-refractivity contribution < 1.29 is 19.4 Å². The fourth-order valence-corrected chi connectivity index (χ4v) is 3.22. The molecule has 0 spiro atoms. The summed E-state index contributed by atoms with van der Waals surface area (Å²) in [4.78, 5) is 12.4. The van der Waals surface area contributed by atoms with Crippen molar-refractivity contribution in [3.63, 3.8) is 0 Å². The van der Waals surface area contributed by atoms with Gasteiger partial charge in [0.05, 0.1) is 19.3 Å². The maximum atomic E-state index is 12.4. The van der Waals surface area contributed by atoms with E-state index in [1.54, 1.807) is 31.4 Å². The van der Waals surface area contributed by atoms with E-state index >= 15 is 0 Å². The minimum Gasteiger partial charge on any atom is -0.497 e. The summed E-state index contributed by atoms with van der Waals surface area (Å²) in [5, 5.41) is 16.9. The number of benzene rings is 3. The second-order valence-corrected chi connectivity index (χ2v) is 7.19. The lowest BCUT2D eigenvalue weighted by atomic mass is 10.0. The maximum Gasteiger partial charge on any atom is 0.412 e. The topological polar surface area (TPSA) is 79.8 Å². The molecule has 3 rings (SSSR count). The van der Waals surface area contributed by atoms with Crippen LogP contribution in [0.4, 0.5) is 4.79 Å². The lowest BCUT2D eigenvalue weighted by Crippen LogP contribution is -2.49. The quantitative estimate of drug-likeness (QED) is 0.468. The van der Waals surface area contributed by atoms with Crippen LogP contribution >= 0.6 is 0 Å². The van der Waals surface area contributed by atoms with Crippen LogP contribution in [0.2, 0.25) is 0 Å². The van der Waals surface area contributed by atoms with Gasteiger partial charge in [0.2, 0.25) is 0 Å². The van der Waals surface area contributed by atoms with Gasteiger partial charge in [-0.3, -0.25) is 0 Å². The number of hydrogen-bond acceptors (Lipinski definition) is 5. The molecule has 0 saturated carbocycles. The zero-order chi connectivity index (χ0) is 21.9. The molecule has 31 heavy (non-hydrogen) atoms. The third-order valence-electron chi connectivity index (χ3n) is 4.84. The second-order valence-electron chi connectivity index (χ2n) is 7.19. The van der Waals surface area contributed by atoms with E-state index in [0.29, 0.717) is 25.3 Å². The molecule has 1 amide bonds. The Bertz CT molecular complexity index is 935. The average Bonchev–Trinajstić information content (AvgIpc) is 2.80. The number of methoxy groups -OCH3 is 1. The summed E-state index contributed by atoms with van der Waals surface area (Å²) in [7, 11) is 1.63. The Kier molecular flexibility index (Phi) is 8.46. The van der Waals surface area contributed by atoms with E-state index in [1.165, 1.54) is 0 Å². The predicted molar refractivity (Wildman–Crippen MR) is 120 cm³/mol. The van der Waals surface area contributed by atoms with Crippen molar-refractivity contribution in [2.75, 3.05) is 13.7 Å². The number of carbonyl (C=O) groups is 1. The van der Waals surface area contributed by atoms with Crippen molar-refractivity contribution in [3.05, 3.63) is 96.1 Å². The third-order valence-corrected chi connectivity index (χ3v) is 4.84. The van der Waals surface area contributed by atoms with E-state index < -0.39 is 18.2 Å². The van der Waals surface area contributed by atoms with Crippen molar-refractivity contribution in [2.24, 2.45) is 0 Å². The van der Waals surface area contributed by atoms with E-state index in [-0.39, 0.29) is 0 Å². The fraction of sp³-hybridized carbons (Fsp3) is 0.240. The number of ether oxygens (including phenoxy) is 2. The van der Waals surface area contributed by atoms with Gasteiger partial charge in [0.1, 0.15) is 11.5 Å². The molecule has 0 aliphatic rings. The normalized spacial score (nSPS) is 12.6. The molecule has 2 atom stereocenters. The van der Waals surface area contributed by atoms with Crippen LogP contribution in [0, 0.1) is 0 Å². The first-order chi connectivity index (χ1) is 15.1. The molecule has 0 heterocycles. The molecule has 0 fully saturated rings. The van der Waals surface area contributed by atoms with E-state index in [0.717, 1.165) is 16.9 Å². The monoisotopic (exact) mass is 420 g/mol. The van der Waals surface area contributed by atoms with Crippen LogP contribution in [0.25, 0.3) is 0 Å². The summed E-state index contributed by atoms with van der Waals surface area (Å²) in [5.74, 6) is 1.23. The van der Waals surface area contributed by atoms with Gasteiger partial charge in [-0.15, -0.1) is 0 Å². The Balaban J connectivity index is 1.59. The predicted octanol–water partition coefficient (Wildman–Crippen LogP) is 3.55. The molecule has 0 bridgehead atoms. The number of amides is 1. The maximum absolute atomic E-state index is 12.4. The number of para-hydroxylation sites is 1. The highest BCUT2D eigenvalue weighted by atomic mass is 16.6. The van der Waals surface area contributed by atoms with Gasteiger partial charge in [-0.05, 0) is 41.8 Å². The number of hydrogen-bond donors (Lipinski definition) is 3. The van der Waals surface area contributed by atoms with Gasteiger partial charge in [-0.2, -0.15) is 0 Å². The minimum atomic E-state index is -0.811. The number of carbonyl (C=O) groups excluding carboxylic acids is 1. The molecule has 3 aromatic rings. The van der Waals surface area contributed by atoms with Crippen LogP contribution in [0.3, 0.4) is 0 Å². The number of aliphatic hydroxyl groups is 1. The van der Waals surface area contributed by atoms with Crippen LogP contribution in [-0.2, 0) is 13.0 Å². The third kappa shape index (κ3) is 7.44. The molecule has 6 heteroatoms. The largest absolute Gasteiger partial charge is 0.497 e. The van der Waals surface area contributed by atoms with Crippen LogP contribution in [0.15, 0.2) is 84.9 Å². The standard InChI is InChI=1S/C25H28N2O4/c1-30-22-14-8-11-20(15-22)17-26-18-24(28)23(16-19-9-4-2-5-10-19)27-25(29)31-21-12-6-3-7-13-21/h2-15,23-24,26,28H,16-18H2,1H3,(H,27,29)/t23-,24+/m0/s1. The van der Waals surface area contributed by atoms with E-state index in [2.05, 4.69) is 10.6 Å². The molecule has 0 radical (unpaired) electrons. The molecule has 0 aliphatic heterocycles. The van der Waals surface area contributed by atoms with Gasteiger partial charge >= 0.3 is 6.09 Å². The Morgan fingerprint density at radius 3 is 2.26 bits per heavy atom.